The van der Waals surface area contributed by atoms with Crippen molar-refractivity contribution in [2.24, 2.45) is 0 Å². The number of methoxy groups -OCH3 is 1. The van der Waals surface area contributed by atoms with Gasteiger partial charge >= 0.3 is 6.18 Å². The number of imide groups is 3. The summed E-state index contributed by atoms with van der Waals surface area (Å²) in [7, 11) is 1.30. The number of carbonyl (C=O) groups is 6. The molecule has 2 fully saturated rings. The van der Waals surface area contributed by atoms with Gasteiger partial charge in [-0.15, -0.1) is 0 Å². The first-order chi connectivity index (χ1) is 31.8. The molecule has 3 aliphatic rings. The van der Waals surface area contributed by atoms with Gasteiger partial charge in [-0.05, 0) is 72.3 Å². The third-order valence-corrected chi connectivity index (χ3v) is 10.9. The average molecular weight is 940 g/mol. The summed E-state index contributed by atoms with van der Waals surface area (Å²) in [5.41, 5.74) is -0.0918. The fourth-order valence-corrected chi connectivity index (χ4v) is 7.65. The molecule has 0 spiro atoms. The van der Waals surface area contributed by atoms with E-state index in [4.69, 9.17) is 38.4 Å². The van der Waals surface area contributed by atoms with E-state index in [2.05, 4.69) is 10.6 Å². The SMILES string of the molecule is COc1cc(C=C2SC(=O)N(CCOCCOCCOCCOCCOCCNc3cccc4c3C(=O)N(C3CCC(=O)NC3=O)C4=O)C2=O)ccc1Oc1ccc(C#N)cc1C(F)(F)F. The van der Waals surface area contributed by atoms with Crippen molar-refractivity contribution in [3.63, 3.8) is 0 Å². The Labute approximate surface area is 380 Å². The van der Waals surface area contributed by atoms with Crippen molar-refractivity contribution in [3.05, 3.63) is 87.3 Å². The molecule has 22 heteroatoms. The maximum atomic E-state index is 13.6. The quantitative estimate of drug-likeness (QED) is 0.0685. The van der Waals surface area contributed by atoms with Crippen molar-refractivity contribution in [2.45, 2.75) is 25.1 Å². The van der Waals surface area contributed by atoms with Crippen LogP contribution in [0.1, 0.15) is 50.2 Å². The van der Waals surface area contributed by atoms with Crippen LogP contribution in [0.25, 0.3) is 6.08 Å². The molecule has 6 rings (SSSR count). The summed E-state index contributed by atoms with van der Waals surface area (Å²) in [4.78, 5) is 77.8. The smallest absolute Gasteiger partial charge is 0.420 e. The third kappa shape index (κ3) is 12.5. The monoisotopic (exact) mass is 939 g/mol. The lowest BCUT2D eigenvalue weighted by Crippen LogP contribution is -2.54. The Morgan fingerprint density at radius 3 is 2.09 bits per heavy atom. The second-order valence-electron chi connectivity index (χ2n) is 14.3. The van der Waals surface area contributed by atoms with E-state index < -0.39 is 58.3 Å². The first kappa shape index (κ1) is 49.1. The molecule has 0 saturated carbocycles. The summed E-state index contributed by atoms with van der Waals surface area (Å²) >= 11 is 0.732. The van der Waals surface area contributed by atoms with E-state index in [1.807, 2.05) is 0 Å². The number of halogens is 3. The summed E-state index contributed by atoms with van der Waals surface area (Å²) in [5, 5.41) is 13.8. The highest BCUT2D eigenvalue weighted by Gasteiger charge is 2.45. The molecule has 3 aromatic carbocycles. The van der Waals surface area contributed by atoms with Crippen LogP contribution in [-0.4, -0.2) is 137 Å². The Balaban J connectivity index is 0.783. The van der Waals surface area contributed by atoms with Crippen LogP contribution < -0.4 is 20.1 Å². The van der Waals surface area contributed by atoms with Crippen LogP contribution in [0.4, 0.5) is 23.7 Å². The molecule has 0 radical (unpaired) electrons. The van der Waals surface area contributed by atoms with Gasteiger partial charge in [-0.2, -0.15) is 18.4 Å². The molecule has 1 atom stereocenters. The zero-order valence-electron chi connectivity index (χ0n) is 35.4. The van der Waals surface area contributed by atoms with Crippen LogP contribution in [0.3, 0.4) is 0 Å². The second-order valence-corrected chi connectivity index (χ2v) is 15.3. The van der Waals surface area contributed by atoms with E-state index in [0.717, 1.165) is 27.6 Å². The molecule has 1 unspecified atom stereocenters. The molecule has 2 saturated heterocycles. The number of ether oxygens (including phenoxy) is 7. The Bertz CT molecular complexity index is 2390. The molecule has 3 aliphatic heterocycles. The number of fused-ring (bicyclic) bond motifs is 1. The van der Waals surface area contributed by atoms with Gasteiger partial charge in [0.25, 0.3) is 23.0 Å². The minimum Gasteiger partial charge on any atom is -0.493 e. The molecule has 0 aliphatic carbocycles. The first-order valence-corrected chi connectivity index (χ1v) is 21.3. The highest BCUT2D eigenvalue weighted by molar-refractivity contribution is 8.18. The predicted octanol–water partition coefficient (Wildman–Crippen LogP) is 5.01. The number of thioether (sulfide) groups is 1. The Morgan fingerprint density at radius 2 is 1.45 bits per heavy atom. The van der Waals surface area contributed by atoms with Gasteiger partial charge in [-0.3, -0.25) is 43.9 Å². The van der Waals surface area contributed by atoms with E-state index in [9.17, 15) is 41.9 Å². The normalized spacial score (nSPS) is 16.8. The molecule has 18 nitrogen and oxygen atoms in total. The van der Waals surface area contributed by atoms with Crippen LogP contribution in [0.15, 0.2) is 59.5 Å². The molecule has 3 aromatic rings. The number of nitrogens with one attached hydrogen (secondary N) is 2. The highest BCUT2D eigenvalue weighted by Crippen LogP contribution is 2.42. The van der Waals surface area contributed by atoms with Crippen LogP contribution in [-0.2, 0) is 44.2 Å². The van der Waals surface area contributed by atoms with Crippen LogP contribution in [0.5, 0.6) is 17.2 Å². The first-order valence-electron chi connectivity index (χ1n) is 20.5. The highest BCUT2D eigenvalue weighted by atomic mass is 32.2. The number of benzene rings is 3. The molecule has 6 amide bonds. The zero-order chi connectivity index (χ0) is 47.2. The number of nitriles is 1. The van der Waals surface area contributed by atoms with Gasteiger partial charge in [-0.25, -0.2) is 0 Å². The predicted molar refractivity (Wildman–Crippen MR) is 228 cm³/mol. The fraction of sp³-hybridized carbons (Fsp3) is 0.386. The number of nitrogens with zero attached hydrogens (tertiary/aromatic N) is 3. The number of anilines is 1. The summed E-state index contributed by atoms with van der Waals surface area (Å²) in [6.07, 6.45) is -3.22. The van der Waals surface area contributed by atoms with E-state index in [0.29, 0.717) is 63.5 Å². The van der Waals surface area contributed by atoms with Gasteiger partial charge in [0.15, 0.2) is 11.5 Å². The Hall–Kier alpha value is -6.35. The van der Waals surface area contributed by atoms with Crippen molar-refractivity contribution in [2.75, 3.05) is 91.6 Å². The molecular weight excluding hydrogens is 896 g/mol. The zero-order valence-corrected chi connectivity index (χ0v) is 36.3. The largest absolute Gasteiger partial charge is 0.493 e. The van der Waals surface area contributed by atoms with Gasteiger partial charge in [0.2, 0.25) is 11.8 Å². The van der Waals surface area contributed by atoms with Crippen LogP contribution in [0, 0.1) is 11.3 Å². The third-order valence-electron chi connectivity index (χ3n) is 9.97. The Kier molecular flexibility index (Phi) is 17.3. The topological polar surface area (TPSA) is 221 Å². The van der Waals surface area contributed by atoms with Gasteiger partial charge < -0.3 is 38.5 Å². The lowest BCUT2D eigenvalue weighted by atomic mass is 10.0. The molecule has 3 heterocycles. The fourth-order valence-electron chi connectivity index (χ4n) is 6.79. The maximum Gasteiger partial charge on any atom is 0.420 e. The molecular formula is C44H44F3N5O13S. The molecule has 66 heavy (non-hydrogen) atoms. The standard InChI is InChI=1S/C44H44F3N5O13S/c1-59-35-24-27(5-9-34(35)65-33-8-6-28(26-48)23-30(33)44(45,46)47)25-36-41(56)51(43(58)66-36)12-14-61-16-18-63-20-22-64-21-19-62-17-15-60-13-11-49-31-4-2-3-29-38(31)42(57)52(40(29)55)32-7-10-37(53)50-39(32)54/h2-6,8-9,23-25,32,49H,7,10-22H2,1H3,(H,50,53,54). The lowest BCUT2D eigenvalue weighted by molar-refractivity contribution is -0.139. The minimum atomic E-state index is -4.78. The number of piperidine rings is 1. The summed E-state index contributed by atoms with van der Waals surface area (Å²) in [6, 6.07) is 12.7. The van der Waals surface area contributed by atoms with E-state index in [-0.39, 0.29) is 78.9 Å². The average Bonchev–Trinajstić information content (AvgIpc) is 3.71. The number of rotatable bonds is 24. The van der Waals surface area contributed by atoms with Gasteiger partial charge in [-0.1, -0.05) is 12.1 Å². The van der Waals surface area contributed by atoms with Crippen molar-refractivity contribution in [1.82, 2.24) is 15.1 Å². The molecule has 350 valence electrons. The number of alkyl halides is 3. The van der Waals surface area contributed by atoms with Crippen molar-refractivity contribution in [1.29, 1.82) is 5.26 Å². The molecule has 0 aromatic heterocycles. The summed E-state index contributed by atoms with van der Waals surface area (Å²) in [6.45, 7) is 3.05. The number of carbonyl (C=O) groups excluding carboxylic acids is 6. The van der Waals surface area contributed by atoms with Crippen molar-refractivity contribution in [3.8, 4) is 23.3 Å². The van der Waals surface area contributed by atoms with E-state index in [1.54, 1.807) is 18.2 Å². The van der Waals surface area contributed by atoms with Gasteiger partial charge in [0, 0.05) is 18.7 Å². The second kappa shape index (κ2) is 23.2. The van der Waals surface area contributed by atoms with Crippen LogP contribution in [0.2, 0.25) is 0 Å². The number of amides is 6. The van der Waals surface area contributed by atoms with Gasteiger partial charge in [0.05, 0.1) is 113 Å². The van der Waals surface area contributed by atoms with Gasteiger partial charge in [0.1, 0.15) is 11.8 Å². The Morgan fingerprint density at radius 1 is 0.803 bits per heavy atom. The molecule has 0 bridgehead atoms. The summed E-state index contributed by atoms with van der Waals surface area (Å²) < 4.78 is 79.4. The summed E-state index contributed by atoms with van der Waals surface area (Å²) in [5.74, 6) is -3.32. The molecule has 2 N–H and O–H groups in total. The minimum absolute atomic E-state index is 0.00451. The van der Waals surface area contributed by atoms with E-state index >= 15 is 0 Å². The maximum absolute atomic E-state index is 13.6. The number of hydrogen-bond donors (Lipinski definition) is 2. The van der Waals surface area contributed by atoms with Crippen molar-refractivity contribution < 1.29 is 75.1 Å². The lowest BCUT2D eigenvalue weighted by Gasteiger charge is -2.27. The van der Waals surface area contributed by atoms with E-state index in [1.165, 1.54) is 43.5 Å². The van der Waals surface area contributed by atoms with Crippen LogP contribution >= 0.6 is 11.8 Å². The van der Waals surface area contributed by atoms with Crippen molar-refractivity contribution >= 4 is 58.3 Å². The number of hydrogen-bond acceptors (Lipinski definition) is 16.